The molecule has 2 rings (SSSR count). The minimum Gasteiger partial charge on any atom is -0.388 e. The first kappa shape index (κ1) is 17.2. The summed E-state index contributed by atoms with van der Waals surface area (Å²) in [6.07, 6.45) is -0.576. The van der Waals surface area contributed by atoms with E-state index in [1.807, 2.05) is 0 Å². The fourth-order valence-corrected chi connectivity index (χ4v) is 2.29. The van der Waals surface area contributed by atoms with E-state index >= 15 is 0 Å². The van der Waals surface area contributed by atoms with Crippen molar-refractivity contribution in [2.24, 2.45) is 0 Å². The number of aliphatic hydroxyl groups excluding tert-OH is 1. The van der Waals surface area contributed by atoms with Crippen molar-refractivity contribution in [3.63, 3.8) is 0 Å². The van der Waals surface area contributed by atoms with Crippen LogP contribution in [0.25, 0.3) is 0 Å². The number of ketones is 1. The standard InChI is InChI=1S/C18H18ClNO3/c1-2-16(21)13-4-3-5-15(10-13)20-18(23)11-17(22)12-6-8-14(19)9-7-12/h3-10,17,22H,2,11H2,1H3,(H,20,23). The van der Waals surface area contributed by atoms with E-state index in [2.05, 4.69) is 5.32 Å². The van der Waals surface area contributed by atoms with Gasteiger partial charge in [-0.15, -0.1) is 0 Å². The molecular weight excluding hydrogens is 314 g/mol. The van der Waals surface area contributed by atoms with Crippen LogP contribution in [0.2, 0.25) is 5.02 Å². The van der Waals surface area contributed by atoms with E-state index in [1.54, 1.807) is 55.5 Å². The van der Waals surface area contributed by atoms with Crippen LogP contribution in [0.15, 0.2) is 48.5 Å². The van der Waals surface area contributed by atoms with Crippen LogP contribution in [0.1, 0.15) is 41.8 Å². The second kappa shape index (κ2) is 7.90. The van der Waals surface area contributed by atoms with E-state index in [0.717, 1.165) is 0 Å². The number of halogens is 1. The van der Waals surface area contributed by atoms with E-state index < -0.39 is 6.10 Å². The zero-order chi connectivity index (χ0) is 16.8. The van der Waals surface area contributed by atoms with Gasteiger partial charge in [0.05, 0.1) is 12.5 Å². The molecule has 0 spiro atoms. The van der Waals surface area contributed by atoms with Crippen LogP contribution in [0.4, 0.5) is 5.69 Å². The van der Waals surface area contributed by atoms with Crippen molar-refractivity contribution < 1.29 is 14.7 Å². The van der Waals surface area contributed by atoms with Gasteiger partial charge in [0.15, 0.2) is 5.78 Å². The lowest BCUT2D eigenvalue weighted by molar-refractivity contribution is -0.118. The zero-order valence-electron chi connectivity index (χ0n) is 12.8. The van der Waals surface area contributed by atoms with Gasteiger partial charge in [-0.3, -0.25) is 9.59 Å². The van der Waals surface area contributed by atoms with Crippen molar-refractivity contribution >= 4 is 29.0 Å². The third-order valence-electron chi connectivity index (χ3n) is 3.42. The Morgan fingerprint density at radius 1 is 1.17 bits per heavy atom. The Morgan fingerprint density at radius 3 is 2.52 bits per heavy atom. The Bertz CT molecular complexity index is 698. The van der Waals surface area contributed by atoms with Crippen LogP contribution in [0.5, 0.6) is 0 Å². The molecule has 0 aliphatic rings. The second-order valence-electron chi connectivity index (χ2n) is 5.18. The molecule has 1 amide bonds. The number of rotatable bonds is 6. The van der Waals surface area contributed by atoms with Crippen LogP contribution in [-0.4, -0.2) is 16.8 Å². The summed E-state index contributed by atoms with van der Waals surface area (Å²) in [4.78, 5) is 23.7. The molecule has 0 fully saturated rings. The third-order valence-corrected chi connectivity index (χ3v) is 3.67. The highest BCUT2D eigenvalue weighted by Gasteiger charge is 2.13. The maximum atomic E-state index is 12.0. The molecule has 1 atom stereocenters. The Balaban J connectivity index is 1.99. The summed E-state index contributed by atoms with van der Waals surface area (Å²) < 4.78 is 0. The van der Waals surface area contributed by atoms with Gasteiger partial charge in [-0.25, -0.2) is 0 Å². The van der Waals surface area contributed by atoms with Crippen molar-refractivity contribution in [1.82, 2.24) is 0 Å². The van der Waals surface area contributed by atoms with E-state index in [-0.39, 0.29) is 18.1 Å². The Labute approximate surface area is 140 Å². The summed E-state index contributed by atoms with van der Waals surface area (Å²) in [7, 11) is 0. The molecule has 0 bridgehead atoms. The molecule has 1 unspecified atom stereocenters. The van der Waals surface area contributed by atoms with Crippen molar-refractivity contribution in [3.05, 3.63) is 64.7 Å². The molecule has 2 aromatic rings. The first-order chi connectivity index (χ1) is 11.0. The van der Waals surface area contributed by atoms with Crippen LogP contribution < -0.4 is 5.32 Å². The van der Waals surface area contributed by atoms with Gasteiger partial charge in [-0.05, 0) is 29.8 Å². The number of benzene rings is 2. The van der Waals surface area contributed by atoms with E-state index in [1.165, 1.54) is 0 Å². The van der Waals surface area contributed by atoms with Gasteiger partial charge >= 0.3 is 0 Å². The maximum absolute atomic E-state index is 12.0. The number of hydrogen-bond acceptors (Lipinski definition) is 3. The lowest BCUT2D eigenvalue weighted by atomic mass is 10.1. The second-order valence-corrected chi connectivity index (χ2v) is 5.61. The molecule has 0 aromatic heterocycles. The average Bonchev–Trinajstić information content (AvgIpc) is 2.54. The fourth-order valence-electron chi connectivity index (χ4n) is 2.16. The first-order valence-corrected chi connectivity index (χ1v) is 7.74. The molecule has 2 aromatic carbocycles. The van der Waals surface area contributed by atoms with Gasteiger partial charge in [0.25, 0.3) is 0 Å². The van der Waals surface area contributed by atoms with Crippen LogP contribution >= 0.6 is 11.6 Å². The lowest BCUT2D eigenvalue weighted by Gasteiger charge is -2.12. The van der Waals surface area contributed by atoms with Gasteiger partial charge in [-0.2, -0.15) is 0 Å². The van der Waals surface area contributed by atoms with E-state index in [0.29, 0.717) is 28.3 Å². The largest absolute Gasteiger partial charge is 0.388 e. The van der Waals surface area contributed by atoms with Crippen LogP contribution in [0.3, 0.4) is 0 Å². The molecule has 23 heavy (non-hydrogen) atoms. The van der Waals surface area contributed by atoms with Gasteiger partial charge in [0.1, 0.15) is 0 Å². The first-order valence-electron chi connectivity index (χ1n) is 7.36. The molecule has 0 aliphatic heterocycles. The summed E-state index contributed by atoms with van der Waals surface area (Å²) in [5, 5.41) is 13.4. The summed E-state index contributed by atoms with van der Waals surface area (Å²) in [6.45, 7) is 1.79. The topological polar surface area (TPSA) is 66.4 Å². The van der Waals surface area contributed by atoms with Gasteiger partial charge in [-0.1, -0.05) is 42.8 Å². The fraction of sp³-hybridized carbons (Fsp3) is 0.222. The molecule has 5 heteroatoms. The molecule has 2 N–H and O–H groups in total. The highest BCUT2D eigenvalue weighted by atomic mass is 35.5. The molecule has 0 radical (unpaired) electrons. The summed E-state index contributed by atoms with van der Waals surface area (Å²) in [5.41, 5.74) is 1.72. The van der Waals surface area contributed by atoms with Gasteiger partial charge in [0, 0.05) is 22.7 Å². The number of amides is 1. The quantitative estimate of drug-likeness (QED) is 0.786. The summed E-state index contributed by atoms with van der Waals surface area (Å²) in [5.74, 6) is -0.309. The molecular formula is C18H18ClNO3. The highest BCUT2D eigenvalue weighted by molar-refractivity contribution is 6.30. The van der Waals surface area contributed by atoms with E-state index in [4.69, 9.17) is 11.6 Å². The monoisotopic (exact) mass is 331 g/mol. The smallest absolute Gasteiger partial charge is 0.227 e. The van der Waals surface area contributed by atoms with Crippen molar-refractivity contribution in [3.8, 4) is 0 Å². The predicted molar refractivity (Wildman–Crippen MR) is 90.7 cm³/mol. The number of Topliss-reactive ketones (excluding diaryl/α,β-unsaturated/α-hetero) is 1. The molecule has 0 aliphatic carbocycles. The van der Waals surface area contributed by atoms with Crippen LogP contribution in [-0.2, 0) is 4.79 Å². The molecule has 0 saturated heterocycles. The number of carbonyl (C=O) groups is 2. The summed E-state index contributed by atoms with van der Waals surface area (Å²) >= 11 is 5.79. The van der Waals surface area contributed by atoms with Crippen LogP contribution in [0, 0.1) is 0 Å². The molecule has 4 nitrogen and oxygen atoms in total. The Hall–Kier alpha value is -2.17. The number of nitrogens with one attached hydrogen (secondary N) is 1. The normalized spacial score (nSPS) is 11.8. The van der Waals surface area contributed by atoms with Gasteiger partial charge < -0.3 is 10.4 Å². The number of anilines is 1. The number of hydrogen-bond donors (Lipinski definition) is 2. The van der Waals surface area contributed by atoms with Crippen molar-refractivity contribution in [2.75, 3.05) is 5.32 Å². The Kier molecular flexibility index (Phi) is 5.90. The van der Waals surface area contributed by atoms with E-state index in [9.17, 15) is 14.7 Å². The molecule has 0 heterocycles. The molecule has 120 valence electrons. The minimum atomic E-state index is -0.910. The minimum absolute atomic E-state index is 0.0160. The molecule has 0 saturated carbocycles. The maximum Gasteiger partial charge on any atom is 0.227 e. The SMILES string of the molecule is CCC(=O)c1cccc(NC(=O)CC(O)c2ccc(Cl)cc2)c1. The third kappa shape index (κ3) is 4.91. The Morgan fingerprint density at radius 2 is 1.87 bits per heavy atom. The van der Waals surface area contributed by atoms with Gasteiger partial charge in [0.2, 0.25) is 5.91 Å². The lowest BCUT2D eigenvalue weighted by Crippen LogP contribution is -2.15. The average molecular weight is 332 g/mol. The summed E-state index contributed by atoms with van der Waals surface area (Å²) in [6, 6.07) is 13.5. The van der Waals surface area contributed by atoms with Crippen molar-refractivity contribution in [1.29, 1.82) is 0 Å². The number of carbonyl (C=O) groups excluding carboxylic acids is 2. The zero-order valence-corrected chi connectivity index (χ0v) is 13.5. The number of aliphatic hydroxyl groups is 1. The predicted octanol–water partition coefficient (Wildman–Crippen LogP) is 3.99. The van der Waals surface area contributed by atoms with Crippen molar-refractivity contribution in [2.45, 2.75) is 25.9 Å². The highest BCUT2D eigenvalue weighted by Crippen LogP contribution is 2.20.